The minimum absolute atomic E-state index is 0.0997. The number of nitrogens with zero attached hydrogens (tertiary/aromatic N) is 1. The monoisotopic (exact) mass is 427 g/mol. The highest BCUT2D eigenvalue weighted by atomic mass is 32.2. The molecule has 1 N–H and O–H groups in total. The summed E-state index contributed by atoms with van der Waals surface area (Å²) in [7, 11) is -3.53. The third-order valence-electron chi connectivity index (χ3n) is 4.45. The van der Waals surface area contributed by atoms with E-state index in [0.29, 0.717) is 17.9 Å². The topological polar surface area (TPSA) is 93.6 Å². The van der Waals surface area contributed by atoms with Gasteiger partial charge in [-0.25, -0.2) is 18.2 Å². The van der Waals surface area contributed by atoms with Crippen LogP contribution in [0.15, 0.2) is 58.9 Å². The first kappa shape index (κ1) is 19.4. The molecule has 0 radical (unpaired) electrons. The average molecular weight is 428 g/mol. The number of carbonyl (C=O) groups is 1. The predicted molar refractivity (Wildman–Crippen MR) is 111 cm³/mol. The number of aromatic nitrogens is 1. The molecule has 29 heavy (non-hydrogen) atoms. The molecule has 4 rings (SSSR count). The molecule has 0 saturated carbocycles. The molecule has 0 amide bonds. The molecule has 0 aliphatic heterocycles. The highest BCUT2D eigenvalue weighted by molar-refractivity contribution is 7.93. The van der Waals surface area contributed by atoms with E-state index in [4.69, 9.17) is 9.84 Å². The Kier molecular flexibility index (Phi) is 5.21. The molecule has 2 aromatic carbocycles. The predicted octanol–water partition coefficient (Wildman–Crippen LogP) is 3.66. The van der Waals surface area contributed by atoms with Crippen molar-refractivity contribution in [1.29, 1.82) is 0 Å². The lowest BCUT2D eigenvalue weighted by Gasteiger charge is -2.08. The Bertz CT molecular complexity index is 1200. The molecule has 1 aliphatic carbocycles. The lowest BCUT2D eigenvalue weighted by molar-refractivity contribution is -0.139. The van der Waals surface area contributed by atoms with E-state index in [1.807, 2.05) is 36.4 Å². The summed E-state index contributed by atoms with van der Waals surface area (Å²) < 4.78 is 30.8. The third kappa shape index (κ3) is 4.08. The number of thiazole rings is 1. The van der Waals surface area contributed by atoms with Gasteiger partial charge >= 0.3 is 5.97 Å². The van der Waals surface area contributed by atoms with E-state index in [-0.39, 0.29) is 10.1 Å². The van der Waals surface area contributed by atoms with Crippen molar-refractivity contribution in [2.45, 2.75) is 10.8 Å². The molecule has 0 unspecified atom stereocenters. The molecule has 0 atom stereocenters. The summed E-state index contributed by atoms with van der Waals surface area (Å²) in [4.78, 5) is 16.0. The summed E-state index contributed by atoms with van der Waals surface area (Å²) >= 11 is 1.16. The number of aliphatic carboxylic acids is 1. The van der Waals surface area contributed by atoms with Gasteiger partial charge in [0.05, 0.1) is 11.4 Å². The van der Waals surface area contributed by atoms with Crippen molar-refractivity contribution >= 4 is 33.2 Å². The Morgan fingerprint density at radius 2 is 1.97 bits per heavy atom. The SMILES string of the molecule is O=C(O)COc1cccc2c1Cc1sc(S(=O)(=O)CC=Cc3ccccc3)nc1-2. The molecule has 6 nitrogen and oxygen atoms in total. The normalized spacial score (nSPS) is 12.7. The van der Waals surface area contributed by atoms with Crippen LogP contribution in [0.2, 0.25) is 0 Å². The highest BCUT2D eigenvalue weighted by Gasteiger charge is 2.29. The standard InChI is InChI=1S/C21H17NO5S2/c23-19(24)13-27-17-10-4-9-15-16(17)12-18-20(15)22-21(28-18)29(25,26)11-5-8-14-6-2-1-3-7-14/h1-10H,11-13H2,(H,23,24). The number of hydrogen-bond donors (Lipinski definition) is 1. The van der Waals surface area contributed by atoms with Crippen LogP contribution in [0.4, 0.5) is 0 Å². The van der Waals surface area contributed by atoms with Crippen LogP contribution in [-0.2, 0) is 21.1 Å². The minimum atomic E-state index is -3.53. The molecule has 3 aromatic rings. The van der Waals surface area contributed by atoms with Crippen LogP contribution < -0.4 is 4.74 Å². The van der Waals surface area contributed by atoms with Crippen LogP contribution in [0.3, 0.4) is 0 Å². The van der Waals surface area contributed by atoms with E-state index in [1.54, 1.807) is 24.3 Å². The number of carboxylic acids is 1. The Balaban J connectivity index is 1.55. The van der Waals surface area contributed by atoms with Crippen LogP contribution in [0, 0.1) is 0 Å². The Morgan fingerprint density at radius 3 is 2.72 bits per heavy atom. The summed E-state index contributed by atoms with van der Waals surface area (Å²) in [5.74, 6) is -0.682. The van der Waals surface area contributed by atoms with Gasteiger partial charge < -0.3 is 9.84 Å². The van der Waals surface area contributed by atoms with E-state index in [9.17, 15) is 13.2 Å². The summed E-state index contributed by atoms with van der Waals surface area (Å²) in [6, 6.07) is 14.8. The van der Waals surface area contributed by atoms with Gasteiger partial charge in [0.15, 0.2) is 6.61 Å². The van der Waals surface area contributed by atoms with Crippen molar-refractivity contribution in [2.75, 3.05) is 12.4 Å². The number of carboxylic acid groups (broad SMARTS) is 1. The van der Waals surface area contributed by atoms with Crippen molar-refractivity contribution in [3.05, 3.63) is 70.6 Å². The lowest BCUT2D eigenvalue weighted by Crippen LogP contribution is -2.10. The van der Waals surface area contributed by atoms with Crippen LogP contribution >= 0.6 is 11.3 Å². The minimum Gasteiger partial charge on any atom is -0.482 e. The molecule has 1 aromatic heterocycles. The fourth-order valence-electron chi connectivity index (χ4n) is 3.14. The van der Waals surface area contributed by atoms with Gasteiger partial charge in [-0.3, -0.25) is 0 Å². The van der Waals surface area contributed by atoms with Gasteiger partial charge in [-0.15, -0.1) is 11.3 Å². The number of fused-ring (bicyclic) bond motifs is 3. The van der Waals surface area contributed by atoms with E-state index in [0.717, 1.165) is 32.9 Å². The molecule has 0 spiro atoms. The largest absolute Gasteiger partial charge is 0.482 e. The zero-order valence-electron chi connectivity index (χ0n) is 15.2. The second kappa shape index (κ2) is 7.81. The van der Waals surface area contributed by atoms with E-state index < -0.39 is 22.4 Å². The summed E-state index contributed by atoms with van der Waals surface area (Å²) in [6.07, 6.45) is 3.89. The quantitative estimate of drug-likeness (QED) is 0.484. The number of sulfone groups is 1. The first-order valence-electron chi connectivity index (χ1n) is 8.85. The first-order valence-corrected chi connectivity index (χ1v) is 11.3. The fourth-order valence-corrected chi connectivity index (χ4v) is 5.70. The third-order valence-corrected chi connectivity index (χ3v) is 7.56. The van der Waals surface area contributed by atoms with Crippen LogP contribution in [0.25, 0.3) is 17.3 Å². The second-order valence-electron chi connectivity index (χ2n) is 6.49. The second-order valence-corrected chi connectivity index (χ2v) is 9.78. The van der Waals surface area contributed by atoms with E-state index >= 15 is 0 Å². The Morgan fingerprint density at radius 1 is 1.17 bits per heavy atom. The van der Waals surface area contributed by atoms with Gasteiger partial charge in [-0.2, -0.15) is 0 Å². The van der Waals surface area contributed by atoms with Gasteiger partial charge in [0.25, 0.3) is 0 Å². The number of benzene rings is 2. The number of hydrogen-bond acceptors (Lipinski definition) is 6. The van der Waals surface area contributed by atoms with Crippen molar-refractivity contribution in [3.8, 4) is 17.0 Å². The molecule has 8 heteroatoms. The maximum atomic E-state index is 12.7. The molecule has 0 bridgehead atoms. The summed E-state index contributed by atoms with van der Waals surface area (Å²) in [6.45, 7) is -0.426. The molecule has 0 saturated heterocycles. The van der Waals surface area contributed by atoms with Crippen LogP contribution in [-0.4, -0.2) is 36.8 Å². The fraction of sp³-hybridized carbons (Fsp3) is 0.143. The Labute approximate surface area is 172 Å². The van der Waals surface area contributed by atoms with E-state index in [1.165, 1.54) is 0 Å². The molecule has 1 heterocycles. The van der Waals surface area contributed by atoms with Crippen molar-refractivity contribution in [2.24, 2.45) is 0 Å². The average Bonchev–Trinajstić information content (AvgIpc) is 3.26. The smallest absolute Gasteiger partial charge is 0.341 e. The molecule has 1 aliphatic rings. The van der Waals surface area contributed by atoms with Crippen LogP contribution in [0.5, 0.6) is 5.75 Å². The van der Waals surface area contributed by atoms with Crippen molar-refractivity contribution < 1.29 is 23.1 Å². The number of ether oxygens (including phenoxy) is 1. The molecular formula is C21H17NO5S2. The lowest BCUT2D eigenvalue weighted by atomic mass is 10.1. The molecule has 148 valence electrons. The zero-order chi connectivity index (χ0) is 20.4. The number of rotatable bonds is 7. The van der Waals surface area contributed by atoms with Gasteiger partial charge in [0.1, 0.15) is 5.75 Å². The van der Waals surface area contributed by atoms with Gasteiger partial charge in [0, 0.05) is 22.4 Å². The Hall–Kier alpha value is -2.97. The van der Waals surface area contributed by atoms with E-state index in [2.05, 4.69) is 4.98 Å². The van der Waals surface area contributed by atoms with Crippen LogP contribution in [0.1, 0.15) is 16.0 Å². The van der Waals surface area contributed by atoms with Gasteiger partial charge in [-0.05, 0) is 11.6 Å². The summed E-state index contributed by atoms with van der Waals surface area (Å²) in [5, 5.41) is 8.82. The molecule has 0 fully saturated rings. The highest BCUT2D eigenvalue weighted by Crippen LogP contribution is 2.44. The summed E-state index contributed by atoms with van der Waals surface area (Å²) in [5.41, 5.74) is 3.21. The van der Waals surface area contributed by atoms with Crippen molar-refractivity contribution in [1.82, 2.24) is 4.98 Å². The first-order chi connectivity index (χ1) is 13.9. The molecular weight excluding hydrogens is 410 g/mol. The van der Waals surface area contributed by atoms with Gasteiger partial charge in [0.2, 0.25) is 14.2 Å². The van der Waals surface area contributed by atoms with Crippen molar-refractivity contribution in [3.63, 3.8) is 0 Å². The maximum Gasteiger partial charge on any atom is 0.341 e. The van der Waals surface area contributed by atoms with Gasteiger partial charge in [-0.1, -0.05) is 54.6 Å². The maximum absolute atomic E-state index is 12.7. The zero-order valence-corrected chi connectivity index (χ0v) is 16.9.